The van der Waals surface area contributed by atoms with Crippen LogP contribution < -0.4 is 5.32 Å². The van der Waals surface area contributed by atoms with E-state index in [0.717, 1.165) is 25.0 Å². The molecule has 0 aliphatic rings. The molecule has 2 N–H and O–H groups in total. The number of hydrogen-bond donors (Lipinski definition) is 2. The van der Waals surface area contributed by atoms with Crippen molar-refractivity contribution in [2.75, 3.05) is 0 Å². The molecule has 1 aromatic heterocycles. The summed E-state index contributed by atoms with van der Waals surface area (Å²) in [7, 11) is 0. The molecule has 0 bridgehead atoms. The van der Waals surface area contributed by atoms with Crippen LogP contribution >= 0.6 is 0 Å². The van der Waals surface area contributed by atoms with E-state index in [-0.39, 0.29) is 11.9 Å². The van der Waals surface area contributed by atoms with E-state index in [2.05, 4.69) is 22.4 Å². The van der Waals surface area contributed by atoms with Gasteiger partial charge in [0.05, 0.1) is 0 Å². The van der Waals surface area contributed by atoms with E-state index in [4.69, 9.17) is 0 Å². The first kappa shape index (κ1) is 11.8. The minimum absolute atomic E-state index is 0.0945. The second kappa shape index (κ2) is 5.53. The van der Waals surface area contributed by atoms with Gasteiger partial charge in [0, 0.05) is 11.7 Å². The van der Waals surface area contributed by atoms with Crippen LogP contribution in [-0.4, -0.2) is 22.1 Å². The summed E-state index contributed by atoms with van der Waals surface area (Å²) in [5.41, 5.74) is 1.51. The van der Waals surface area contributed by atoms with Crippen LogP contribution in [0.3, 0.4) is 0 Å². The summed E-state index contributed by atoms with van der Waals surface area (Å²) in [6, 6.07) is 2.02. The van der Waals surface area contributed by atoms with Crippen molar-refractivity contribution < 1.29 is 4.79 Å². The Morgan fingerprint density at radius 2 is 2.33 bits per heavy atom. The second-order valence-corrected chi connectivity index (χ2v) is 3.81. The quantitative estimate of drug-likeness (QED) is 0.778. The van der Waals surface area contributed by atoms with Gasteiger partial charge in [-0.05, 0) is 25.8 Å². The molecule has 0 aromatic carbocycles. The van der Waals surface area contributed by atoms with Gasteiger partial charge in [0.1, 0.15) is 5.69 Å². The molecule has 15 heavy (non-hydrogen) atoms. The highest BCUT2D eigenvalue weighted by molar-refractivity contribution is 5.92. The molecule has 1 aromatic rings. The van der Waals surface area contributed by atoms with Gasteiger partial charge in [0.15, 0.2) is 0 Å². The fourth-order valence-corrected chi connectivity index (χ4v) is 1.28. The van der Waals surface area contributed by atoms with E-state index in [1.165, 1.54) is 0 Å². The first-order valence-electron chi connectivity index (χ1n) is 5.52. The standard InChI is InChI=1S/C11H19N3O/c1-4-6-9-7-10(14-13-9)11(15)12-8(3)5-2/h7-8H,4-6H2,1-3H3,(H,12,15)(H,13,14). The monoisotopic (exact) mass is 209 g/mol. The van der Waals surface area contributed by atoms with Crippen molar-refractivity contribution in [2.24, 2.45) is 0 Å². The van der Waals surface area contributed by atoms with Crippen LogP contribution in [-0.2, 0) is 6.42 Å². The van der Waals surface area contributed by atoms with Gasteiger partial charge in [-0.1, -0.05) is 20.3 Å². The first-order chi connectivity index (χ1) is 7.17. The number of rotatable bonds is 5. The molecule has 0 saturated carbocycles. The lowest BCUT2D eigenvalue weighted by molar-refractivity contribution is 0.0934. The van der Waals surface area contributed by atoms with Gasteiger partial charge < -0.3 is 5.32 Å². The highest BCUT2D eigenvalue weighted by atomic mass is 16.2. The van der Waals surface area contributed by atoms with Crippen LogP contribution in [0.25, 0.3) is 0 Å². The molecule has 4 nitrogen and oxygen atoms in total. The van der Waals surface area contributed by atoms with Crippen molar-refractivity contribution in [3.63, 3.8) is 0 Å². The lowest BCUT2D eigenvalue weighted by Crippen LogP contribution is -2.32. The highest BCUT2D eigenvalue weighted by Gasteiger charge is 2.11. The second-order valence-electron chi connectivity index (χ2n) is 3.81. The van der Waals surface area contributed by atoms with Gasteiger partial charge in [0.25, 0.3) is 5.91 Å². The summed E-state index contributed by atoms with van der Waals surface area (Å²) in [5, 5.41) is 9.73. The summed E-state index contributed by atoms with van der Waals surface area (Å²) >= 11 is 0. The minimum atomic E-state index is -0.0945. The highest BCUT2D eigenvalue weighted by Crippen LogP contribution is 2.03. The van der Waals surface area contributed by atoms with Crippen molar-refractivity contribution in [1.29, 1.82) is 0 Å². The number of carbonyl (C=O) groups excluding carboxylic acids is 1. The number of H-pyrrole nitrogens is 1. The van der Waals surface area contributed by atoms with Crippen molar-refractivity contribution in [3.8, 4) is 0 Å². The van der Waals surface area contributed by atoms with Gasteiger partial charge in [0.2, 0.25) is 0 Å². The van der Waals surface area contributed by atoms with E-state index in [9.17, 15) is 4.79 Å². The number of aromatic amines is 1. The van der Waals surface area contributed by atoms with Crippen molar-refractivity contribution >= 4 is 5.91 Å². The zero-order valence-corrected chi connectivity index (χ0v) is 9.63. The predicted molar refractivity (Wildman–Crippen MR) is 59.8 cm³/mol. The Hall–Kier alpha value is -1.32. The van der Waals surface area contributed by atoms with E-state index in [0.29, 0.717) is 5.69 Å². The molecule has 1 unspecified atom stereocenters. The smallest absolute Gasteiger partial charge is 0.271 e. The van der Waals surface area contributed by atoms with Crippen LogP contribution in [0.5, 0.6) is 0 Å². The Labute approximate surface area is 90.5 Å². The fraction of sp³-hybridized carbons (Fsp3) is 0.636. The number of hydrogen-bond acceptors (Lipinski definition) is 2. The van der Waals surface area contributed by atoms with Crippen molar-refractivity contribution in [2.45, 2.75) is 46.1 Å². The lowest BCUT2D eigenvalue weighted by atomic mass is 10.2. The molecule has 0 fully saturated rings. The number of aryl methyl sites for hydroxylation is 1. The molecule has 0 aliphatic heterocycles. The van der Waals surface area contributed by atoms with Crippen LogP contribution in [0.15, 0.2) is 6.07 Å². The third-order valence-corrected chi connectivity index (χ3v) is 2.37. The Kier molecular flexibility index (Phi) is 4.34. The van der Waals surface area contributed by atoms with Crippen LogP contribution in [0.1, 0.15) is 49.8 Å². The number of nitrogens with one attached hydrogen (secondary N) is 2. The molecule has 0 spiro atoms. The SMILES string of the molecule is CCCc1cc(C(=O)NC(C)CC)n[nH]1. The molecule has 0 aliphatic carbocycles. The molecule has 0 saturated heterocycles. The topological polar surface area (TPSA) is 57.8 Å². The normalized spacial score (nSPS) is 12.5. The van der Waals surface area contributed by atoms with Crippen LogP contribution in [0.2, 0.25) is 0 Å². The summed E-state index contributed by atoms with van der Waals surface area (Å²) in [6.45, 7) is 6.12. The Morgan fingerprint density at radius 1 is 1.60 bits per heavy atom. The minimum Gasteiger partial charge on any atom is -0.348 e. The number of aromatic nitrogens is 2. The van der Waals surface area contributed by atoms with E-state index in [1.54, 1.807) is 0 Å². The average Bonchev–Trinajstić information content (AvgIpc) is 2.67. The molecule has 1 atom stereocenters. The van der Waals surface area contributed by atoms with Gasteiger partial charge in [-0.3, -0.25) is 9.89 Å². The first-order valence-corrected chi connectivity index (χ1v) is 5.52. The average molecular weight is 209 g/mol. The molecule has 1 heterocycles. The Balaban J connectivity index is 2.58. The van der Waals surface area contributed by atoms with Crippen LogP contribution in [0, 0.1) is 0 Å². The van der Waals surface area contributed by atoms with E-state index >= 15 is 0 Å². The zero-order chi connectivity index (χ0) is 11.3. The van der Waals surface area contributed by atoms with E-state index < -0.39 is 0 Å². The Bertz CT molecular complexity index is 319. The van der Waals surface area contributed by atoms with Crippen molar-refractivity contribution in [1.82, 2.24) is 15.5 Å². The molecule has 4 heteroatoms. The summed E-state index contributed by atoms with van der Waals surface area (Å²) in [5.74, 6) is -0.0945. The molecule has 0 radical (unpaired) electrons. The van der Waals surface area contributed by atoms with Gasteiger partial charge in [-0.25, -0.2) is 0 Å². The lowest BCUT2D eigenvalue weighted by Gasteiger charge is -2.08. The van der Waals surface area contributed by atoms with Gasteiger partial charge in [-0.15, -0.1) is 0 Å². The fourth-order valence-electron chi connectivity index (χ4n) is 1.28. The number of amides is 1. The molecule has 84 valence electrons. The number of nitrogens with zero attached hydrogens (tertiary/aromatic N) is 1. The van der Waals surface area contributed by atoms with E-state index in [1.807, 2.05) is 19.9 Å². The summed E-state index contributed by atoms with van der Waals surface area (Å²) < 4.78 is 0. The summed E-state index contributed by atoms with van der Waals surface area (Å²) in [4.78, 5) is 11.6. The predicted octanol–water partition coefficient (Wildman–Crippen LogP) is 1.89. The molecular formula is C11H19N3O. The third-order valence-electron chi connectivity index (χ3n) is 2.37. The maximum absolute atomic E-state index is 11.6. The maximum Gasteiger partial charge on any atom is 0.271 e. The van der Waals surface area contributed by atoms with Gasteiger partial charge in [-0.2, -0.15) is 5.10 Å². The largest absolute Gasteiger partial charge is 0.348 e. The zero-order valence-electron chi connectivity index (χ0n) is 9.63. The molecule has 1 rings (SSSR count). The molecular weight excluding hydrogens is 190 g/mol. The number of carbonyl (C=O) groups is 1. The van der Waals surface area contributed by atoms with Crippen LogP contribution in [0.4, 0.5) is 0 Å². The van der Waals surface area contributed by atoms with Crippen molar-refractivity contribution in [3.05, 3.63) is 17.5 Å². The maximum atomic E-state index is 11.6. The molecule has 1 amide bonds. The Morgan fingerprint density at radius 3 is 2.93 bits per heavy atom. The van der Waals surface area contributed by atoms with Gasteiger partial charge >= 0.3 is 0 Å². The third kappa shape index (κ3) is 3.38. The summed E-state index contributed by atoms with van der Waals surface area (Å²) in [6.07, 6.45) is 2.91.